The zero-order valence-electron chi connectivity index (χ0n) is 13.0. The highest BCUT2D eigenvalue weighted by atomic mass is 16.3. The summed E-state index contributed by atoms with van der Waals surface area (Å²) in [5.74, 6) is 0.321. The highest BCUT2D eigenvalue weighted by Gasteiger charge is 2.04. The molecule has 21 heavy (non-hydrogen) atoms. The van der Waals surface area contributed by atoms with Gasteiger partial charge in [0.2, 0.25) is 0 Å². The van der Waals surface area contributed by atoms with Crippen molar-refractivity contribution in [3.05, 3.63) is 59.7 Å². The van der Waals surface area contributed by atoms with E-state index in [0.29, 0.717) is 11.8 Å². The van der Waals surface area contributed by atoms with Gasteiger partial charge in [0.1, 0.15) is 5.75 Å². The first-order valence-corrected chi connectivity index (χ1v) is 7.80. The molecule has 0 fully saturated rings. The Bertz CT molecular complexity index is 530. The molecule has 2 N–H and O–H groups in total. The molecule has 0 heterocycles. The molecule has 112 valence electrons. The predicted molar refractivity (Wildman–Crippen MR) is 89.9 cm³/mol. The van der Waals surface area contributed by atoms with Gasteiger partial charge in [-0.25, -0.2) is 0 Å². The summed E-state index contributed by atoms with van der Waals surface area (Å²) < 4.78 is 0. The topological polar surface area (TPSA) is 32.3 Å². The quantitative estimate of drug-likeness (QED) is 0.766. The van der Waals surface area contributed by atoms with E-state index in [2.05, 4.69) is 43.4 Å². The van der Waals surface area contributed by atoms with E-state index in [1.165, 1.54) is 36.1 Å². The zero-order chi connectivity index (χ0) is 15.1. The summed E-state index contributed by atoms with van der Waals surface area (Å²) in [6, 6.07) is 16.5. The van der Waals surface area contributed by atoms with E-state index in [-0.39, 0.29) is 0 Å². The minimum atomic E-state index is 0.321. The Morgan fingerprint density at radius 3 is 2.19 bits per heavy atom. The normalized spacial score (nSPS) is 12.1. The number of unbranched alkanes of at least 4 members (excludes halogenated alkanes) is 1. The van der Waals surface area contributed by atoms with Crippen molar-refractivity contribution in [1.82, 2.24) is 0 Å². The van der Waals surface area contributed by atoms with Crippen molar-refractivity contribution in [1.29, 1.82) is 0 Å². The lowest BCUT2D eigenvalue weighted by Gasteiger charge is -2.16. The Morgan fingerprint density at radius 1 is 0.952 bits per heavy atom. The third kappa shape index (κ3) is 5.14. The summed E-state index contributed by atoms with van der Waals surface area (Å²) in [6.07, 6.45) is 4.60. The lowest BCUT2D eigenvalue weighted by Crippen LogP contribution is -2.17. The number of phenolic OH excluding ortho intramolecular Hbond substituents is 1. The van der Waals surface area contributed by atoms with Crippen LogP contribution in [0.2, 0.25) is 0 Å². The molecule has 2 nitrogen and oxygen atoms in total. The Morgan fingerprint density at radius 2 is 1.57 bits per heavy atom. The third-order valence-corrected chi connectivity index (χ3v) is 3.66. The standard InChI is InChI=1S/C19H25NO/c1-3-4-5-16-6-10-18(11-7-16)20-15(2)14-17-8-12-19(21)13-9-17/h6-13,15,20-21H,3-5,14H2,1-2H3. The fourth-order valence-electron chi connectivity index (χ4n) is 2.47. The van der Waals surface area contributed by atoms with Crippen molar-refractivity contribution in [2.75, 3.05) is 5.32 Å². The van der Waals surface area contributed by atoms with Gasteiger partial charge in [-0.3, -0.25) is 0 Å². The SMILES string of the molecule is CCCCc1ccc(NC(C)Cc2ccc(O)cc2)cc1. The number of anilines is 1. The molecule has 0 amide bonds. The number of aryl methyl sites for hydroxylation is 1. The van der Waals surface area contributed by atoms with Crippen LogP contribution in [0.1, 0.15) is 37.8 Å². The van der Waals surface area contributed by atoms with Gasteiger partial charge in [-0.15, -0.1) is 0 Å². The Kier molecular flexibility index (Phi) is 5.68. The van der Waals surface area contributed by atoms with Crippen LogP contribution in [0.5, 0.6) is 5.75 Å². The first-order valence-electron chi connectivity index (χ1n) is 7.80. The van der Waals surface area contributed by atoms with Crippen LogP contribution in [-0.4, -0.2) is 11.1 Å². The summed E-state index contributed by atoms with van der Waals surface area (Å²) in [5.41, 5.74) is 3.81. The Hall–Kier alpha value is -1.96. The van der Waals surface area contributed by atoms with Crippen LogP contribution in [0.3, 0.4) is 0 Å². The van der Waals surface area contributed by atoms with Crippen LogP contribution >= 0.6 is 0 Å². The molecule has 0 aromatic heterocycles. The first-order chi connectivity index (χ1) is 10.2. The maximum absolute atomic E-state index is 9.30. The molecule has 0 saturated carbocycles. The molecule has 0 bridgehead atoms. The van der Waals surface area contributed by atoms with Gasteiger partial charge in [-0.1, -0.05) is 37.6 Å². The van der Waals surface area contributed by atoms with Crippen molar-refractivity contribution >= 4 is 5.69 Å². The van der Waals surface area contributed by atoms with Crippen molar-refractivity contribution in [3.8, 4) is 5.75 Å². The molecule has 0 radical (unpaired) electrons. The molecule has 0 saturated heterocycles. The fourth-order valence-corrected chi connectivity index (χ4v) is 2.47. The number of phenols is 1. The van der Waals surface area contributed by atoms with Crippen molar-refractivity contribution in [2.24, 2.45) is 0 Å². The van der Waals surface area contributed by atoms with Gasteiger partial charge >= 0.3 is 0 Å². The lowest BCUT2D eigenvalue weighted by molar-refractivity contribution is 0.475. The van der Waals surface area contributed by atoms with Gasteiger partial charge in [-0.05, 0) is 61.6 Å². The van der Waals surface area contributed by atoms with Gasteiger partial charge in [0.15, 0.2) is 0 Å². The van der Waals surface area contributed by atoms with E-state index in [1.807, 2.05) is 12.1 Å². The first kappa shape index (κ1) is 15.4. The highest BCUT2D eigenvalue weighted by molar-refractivity contribution is 5.45. The van der Waals surface area contributed by atoms with Crippen molar-refractivity contribution in [3.63, 3.8) is 0 Å². The van der Waals surface area contributed by atoms with Crippen molar-refractivity contribution in [2.45, 2.75) is 45.6 Å². The van der Waals surface area contributed by atoms with E-state index in [4.69, 9.17) is 0 Å². The summed E-state index contributed by atoms with van der Waals surface area (Å²) in [7, 11) is 0. The minimum Gasteiger partial charge on any atom is -0.508 e. The number of nitrogens with one attached hydrogen (secondary N) is 1. The molecule has 2 heteroatoms. The smallest absolute Gasteiger partial charge is 0.115 e. The van der Waals surface area contributed by atoms with E-state index in [9.17, 15) is 5.11 Å². The van der Waals surface area contributed by atoms with Crippen LogP contribution in [0, 0.1) is 0 Å². The van der Waals surface area contributed by atoms with Crippen LogP contribution < -0.4 is 5.32 Å². The van der Waals surface area contributed by atoms with Crippen LogP contribution in [0.15, 0.2) is 48.5 Å². The number of hydrogen-bond acceptors (Lipinski definition) is 2. The molecular weight excluding hydrogens is 258 g/mol. The monoisotopic (exact) mass is 283 g/mol. The average molecular weight is 283 g/mol. The van der Waals surface area contributed by atoms with Crippen LogP contribution in [0.25, 0.3) is 0 Å². The van der Waals surface area contributed by atoms with Crippen LogP contribution in [0.4, 0.5) is 5.69 Å². The molecule has 2 aromatic carbocycles. The summed E-state index contributed by atoms with van der Waals surface area (Å²) in [5, 5.41) is 12.8. The van der Waals surface area contributed by atoms with Crippen molar-refractivity contribution < 1.29 is 5.11 Å². The molecule has 1 unspecified atom stereocenters. The zero-order valence-corrected chi connectivity index (χ0v) is 13.0. The van der Waals surface area contributed by atoms with E-state index < -0.39 is 0 Å². The van der Waals surface area contributed by atoms with E-state index in [0.717, 1.165) is 6.42 Å². The van der Waals surface area contributed by atoms with Gasteiger partial charge in [0.05, 0.1) is 0 Å². The number of hydrogen-bond donors (Lipinski definition) is 2. The van der Waals surface area contributed by atoms with Gasteiger partial charge in [0, 0.05) is 11.7 Å². The van der Waals surface area contributed by atoms with Gasteiger partial charge < -0.3 is 10.4 Å². The average Bonchev–Trinajstić information content (AvgIpc) is 2.49. The maximum Gasteiger partial charge on any atom is 0.115 e. The fraction of sp³-hybridized carbons (Fsp3) is 0.368. The van der Waals surface area contributed by atoms with E-state index >= 15 is 0 Å². The number of benzene rings is 2. The number of rotatable bonds is 7. The molecule has 0 aliphatic carbocycles. The summed E-state index contributed by atoms with van der Waals surface area (Å²) in [4.78, 5) is 0. The Labute approximate surface area is 127 Å². The molecule has 2 aromatic rings. The molecule has 0 aliphatic rings. The van der Waals surface area contributed by atoms with Gasteiger partial charge in [0.25, 0.3) is 0 Å². The molecule has 0 spiro atoms. The largest absolute Gasteiger partial charge is 0.508 e. The maximum atomic E-state index is 9.30. The Balaban J connectivity index is 1.87. The van der Waals surface area contributed by atoms with E-state index in [1.54, 1.807) is 12.1 Å². The summed E-state index contributed by atoms with van der Waals surface area (Å²) >= 11 is 0. The third-order valence-electron chi connectivity index (χ3n) is 3.66. The van der Waals surface area contributed by atoms with Crippen LogP contribution in [-0.2, 0) is 12.8 Å². The second kappa shape index (κ2) is 7.72. The molecule has 2 rings (SSSR count). The molecular formula is C19H25NO. The minimum absolute atomic E-state index is 0.321. The predicted octanol–water partition coefficient (Wildman–Crippen LogP) is 4.78. The van der Waals surface area contributed by atoms with Gasteiger partial charge in [-0.2, -0.15) is 0 Å². The lowest BCUT2D eigenvalue weighted by atomic mass is 10.1. The summed E-state index contributed by atoms with van der Waals surface area (Å²) in [6.45, 7) is 4.40. The second-order valence-corrected chi connectivity index (χ2v) is 5.72. The second-order valence-electron chi connectivity index (χ2n) is 5.72. The molecule has 0 aliphatic heterocycles. The highest BCUT2D eigenvalue weighted by Crippen LogP contribution is 2.15. The number of aromatic hydroxyl groups is 1. The molecule has 1 atom stereocenters.